The molecule has 0 unspecified atom stereocenters. The minimum absolute atomic E-state index is 0.0569. The first-order valence-electron chi connectivity index (χ1n) is 10.8. The van der Waals surface area contributed by atoms with Gasteiger partial charge in [0.15, 0.2) is 0 Å². The van der Waals surface area contributed by atoms with Crippen molar-refractivity contribution in [3.63, 3.8) is 0 Å². The molecule has 0 amide bonds. The second-order valence-corrected chi connectivity index (χ2v) is 8.74. The topological polar surface area (TPSA) is 34.2 Å². The van der Waals surface area contributed by atoms with E-state index < -0.39 is 11.7 Å². The lowest BCUT2D eigenvalue weighted by Crippen LogP contribution is -2.47. The van der Waals surface area contributed by atoms with Gasteiger partial charge in [-0.1, -0.05) is 37.1 Å². The van der Waals surface area contributed by atoms with Crippen LogP contribution in [0.15, 0.2) is 48.7 Å². The van der Waals surface area contributed by atoms with Gasteiger partial charge in [0.2, 0.25) is 0 Å². The molecule has 1 saturated carbocycles. The molecule has 0 radical (unpaired) electrons. The van der Waals surface area contributed by atoms with Crippen LogP contribution >= 0.6 is 0 Å². The maximum Gasteiger partial charge on any atom is 0.416 e. The fraction of sp³-hybridized carbons (Fsp3) is 0.542. The van der Waals surface area contributed by atoms with Gasteiger partial charge in [0.05, 0.1) is 11.2 Å². The predicted octanol–water partition coefficient (Wildman–Crippen LogP) is 5.64. The Morgan fingerprint density at radius 2 is 1.77 bits per heavy atom. The molecule has 1 spiro atoms. The molecule has 3 nitrogen and oxygen atoms in total. The zero-order valence-electron chi connectivity index (χ0n) is 17.2. The van der Waals surface area contributed by atoms with E-state index in [9.17, 15) is 13.2 Å². The highest BCUT2D eigenvalue weighted by Crippen LogP contribution is 2.49. The van der Waals surface area contributed by atoms with Crippen LogP contribution in [0.3, 0.4) is 0 Å². The molecule has 1 atom stereocenters. The van der Waals surface area contributed by atoms with Gasteiger partial charge in [0.1, 0.15) is 0 Å². The maximum absolute atomic E-state index is 13.3. The Morgan fingerprint density at radius 3 is 2.50 bits per heavy atom. The Hall–Kier alpha value is -1.92. The number of benzene rings is 1. The normalized spacial score (nSPS) is 23.7. The van der Waals surface area contributed by atoms with Crippen LogP contribution in [0, 0.1) is 0 Å². The molecule has 2 aromatic rings. The highest BCUT2D eigenvalue weighted by Gasteiger charge is 2.48. The van der Waals surface area contributed by atoms with Gasteiger partial charge >= 0.3 is 6.18 Å². The number of halogens is 3. The minimum atomic E-state index is -4.33. The van der Waals surface area contributed by atoms with Crippen molar-refractivity contribution in [2.75, 3.05) is 13.2 Å². The lowest BCUT2D eigenvalue weighted by molar-refractivity contribution is -0.138. The van der Waals surface area contributed by atoms with E-state index in [1.165, 1.54) is 18.9 Å². The minimum Gasteiger partial charge on any atom is -0.375 e. The molecule has 2 aliphatic rings. The van der Waals surface area contributed by atoms with Gasteiger partial charge in [0.25, 0.3) is 0 Å². The summed E-state index contributed by atoms with van der Waals surface area (Å²) in [4.78, 5) is 4.68. The SMILES string of the molecule is FC(F)(F)c1ccccc1CNCC[C@@]1(c2ccccn2)CCOC2(CCCC2)C1. The van der Waals surface area contributed by atoms with E-state index in [4.69, 9.17) is 4.74 Å². The molecule has 1 aliphatic carbocycles. The van der Waals surface area contributed by atoms with Crippen LogP contribution in [0.2, 0.25) is 0 Å². The molecule has 162 valence electrons. The summed E-state index contributed by atoms with van der Waals surface area (Å²) in [6.45, 7) is 1.56. The number of pyridine rings is 1. The smallest absolute Gasteiger partial charge is 0.375 e. The van der Waals surface area contributed by atoms with E-state index in [0.29, 0.717) is 13.2 Å². The number of alkyl halides is 3. The van der Waals surface area contributed by atoms with E-state index in [1.807, 2.05) is 18.3 Å². The van der Waals surface area contributed by atoms with Crippen molar-refractivity contribution in [1.29, 1.82) is 0 Å². The molecule has 30 heavy (non-hydrogen) atoms. The average molecular weight is 419 g/mol. The van der Waals surface area contributed by atoms with Gasteiger partial charge in [-0.25, -0.2) is 0 Å². The summed E-state index contributed by atoms with van der Waals surface area (Å²) in [5, 5.41) is 3.27. The molecule has 4 rings (SSSR count). The first kappa shape index (κ1) is 21.3. The van der Waals surface area contributed by atoms with Gasteiger partial charge < -0.3 is 10.1 Å². The van der Waals surface area contributed by atoms with E-state index in [2.05, 4.69) is 16.4 Å². The summed E-state index contributed by atoms with van der Waals surface area (Å²) in [7, 11) is 0. The number of hydrogen-bond donors (Lipinski definition) is 1. The van der Waals surface area contributed by atoms with Crippen molar-refractivity contribution in [2.24, 2.45) is 0 Å². The zero-order valence-corrected chi connectivity index (χ0v) is 17.2. The Bertz CT molecular complexity index is 834. The van der Waals surface area contributed by atoms with Crippen LogP contribution in [0.5, 0.6) is 0 Å². The molecule has 1 N–H and O–H groups in total. The van der Waals surface area contributed by atoms with Gasteiger partial charge in [-0.2, -0.15) is 13.2 Å². The fourth-order valence-electron chi connectivity index (χ4n) is 5.30. The third-order valence-corrected chi connectivity index (χ3v) is 6.79. The summed E-state index contributed by atoms with van der Waals surface area (Å²) in [6, 6.07) is 11.8. The monoisotopic (exact) mass is 418 g/mol. The third kappa shape index (κ3) is 4.54. The summed E-state index contributed by atoms with van der Waals surface area (Å²) in [5.74, 6) is 0. The van der Waals surface area contributed by atoms with Crippen LogP contribution in [0.1, 0.15) is 61.8 Å². The largest absolute Gasteiger partial charge is 0.416 e. The molecule has 0 bridgehead atoms. The Morgan fingerprint density at radius 1 is 1.00 bits per heavy atom. The Labute approximate surface area is 176 Å². The average Bonchev–Trinajstić information content (AvgIpc) is 3.19. The standard InChI is InChI=1S/C24H29F3N2O/c25-24(26,27)20-8-2-1-7-19(20)17-28-15-12-22(21-9-3-6-14-29-21)13-16-30-23(18-22)10-4-5-11-23/h1-3,6-9,14,28H,4-5,10-13,15-18H2/t22-/m1/s1. The predicted molar refractivity (Wildman–Crippen MR) is 110 cm³/mol. The molecule has 1 aromatic heterocycles. The summed E-state index contributed by atoms with van der Waals surface area (Å²) >= 11 is 0. The van der Waals surface area contributed by atoms with E-state index in [-0.39, 0.29) is 23.1 Å². The highest BCUT2D eigenvalue weighted by atomic mass is 19.4. The van der Waals surface area contributed by atoms with Crippen LogP contribution in [0.4, 0.5) is 13.2 Å². The zero-order chi connectivity index (χ0) is 21.1. The molecule has 1 aromatic carbocycles. The summed E-state index contributed by atoms with van der Waals surface area (Å²) in [5.41, 5.74) is 0.653. The van der Waals surface area contributed by atoms with Crippen LogP contribution < -0.4 is 5.32 Å². The molecule has 6 heteroatoms. The Balaban J connectivity index is 1.47. The van der Waals surface area contributed by atoms with Gasteiger partial charge in [0, 0.05) is 30.5 Å². The van der Waals surface area contributed by atoms with E-state index in [1.54, 1.807) is 12.1 Å². The number of nitrogens with zero attached hydrogens (tertiary/aromatic N) is 1. The van der Waals surface area contributed by atoms with Gasteiger partial charge in [-0.3, -0.25) is 4.98 Å². The van der Waals surface area contributed by atoms with Gasteiger partial charge in [-0.15, -0.1) is 0 Å². The second kappa shape index (κ2) is 8.67. The van der Waals surface area contributed by atoms with Crippen LogP contribution in [0.25, 0.3) is 0 Å². The summed E-state index contributed by atoms with van der Waals surface area (Å²) < 4.78 is 46.0. The van der Waals surface area contributed by atoms with Crippen molar-refractivity contribution >= 4 is 0 Å². The molecule has 1 saturated heterocycles. The first-order valence-corrected chi connectivity index (χ1v) is 10.8. The molecular weight excluding hydrogens is 389 g/mol. The second-order valence-electron chi connectivity index (χ2n) is 8.74. The Kier molecular flexibility index (Phi) is 6.16. The lowest BCUT2D eigenvalue weighted by Gasteiger charge is -2.46. The van der Waals surface area contributed by atoms with Crippen molar-refractivity contribution in [3.05, 3.63) is 65.5 Å². The third-order valence-electron chi connectivity index (χ3n) is 6.79. The van der Waals surface area contributed by atoms with E-state index >= 15 is 0 Å². The van der Waals surface area contributed by atoms with Crippen molar-refractivity contribution < 1.29 is 17.9 Å². The lowest BCUT2D eigenvalue weighted by atomic mass is 9.68. The van der Waals surface area contributed by atoms with Crippen LogP contribution in [-0.2, 0) is 22.9 Å². The van der Waals surface area contributed by atoms with Gasteiger partial charge in [-0.05, 0) is 62.4 Å². The number of aromatic nitrogens is 1. The molecule has 2 fully saturated rings. The highest BCUT2D eigenvalue weighted by molar-refractivity contribution is 5.29. The number of rotatable bonds is 6. The number of ether oxygens (including phenoxy) is 1. The first-order chi connectivity index (χ1) is 14.4. The number of nitrogens with one attached hydrogen (secondary N) is 1. The number of hydrogen-bond acceptors (Lipinski definition) is 3. The maximum atomic E-state index is 13.3. The van der Waals surface area contributed by atoms with Crippen LogP contribution in [-0.4, -0.2) is 23.7 Å². The molecule has 2 heterocycles. The van der Waals surface area contributed by atoms with Crippen molar-refractivity contribution in [3.8, 4) is 0 Å². The van der Waals surface area contributed by atoms with Crippen molar-refractivity contribution in [1.82, 2.24) is 10.3 Å². The van der Waals surface area contributed by atoms with Crippen molar-refractivity contribution in [2.45, 2.75) is 68.7 Å². The van der Waals surface area contributed by atoms with E-state index in [0.717, 1.165) is 43.9 Å². The molecular formula is C24H29F3N2O. The quantitative estimate of drug-likeness (QED) is 0.617. The fourth-order valence-corrected chi connectivity index (χ4v) is 5.30. The molecule has 1 aliphatic heterocycles. The summed E-state index contributed by atoms with van der Waals surface area (Å²) in [6.07, 6.45) is 4.76.